The lowest BCUT2D eigenvalue weighted by molar-refractivity contribution is 0.108. The Bertz CT molecular complexity index is 618. The number of hydrogen-bond acceptors (Lipinski definition) is 3. The van der Waals surface area contributed by atoms with Gasteiger partial charge in [0.2, 0.25) is 5.88 Å². The summed E-state index contributed by atoms with van der Waals surface area (Å²) in [6.07, 6.45) is 4.36. The average Bonchev–Trinajstić information content (AvgIpc) is 2.86. The molecule has 0 atom stereocenters. The van der Waals surface area contributed by atoms with Crippen LogP contribution in [0.25, 0.3) is 11.0 Å². The van der Waals surface area contributed by atoms with Crippen LogP contribution in [0.15, 0.2) is 18.3 Å². The van der Waals surface area contributed by atoms with E-state index in [2.05, 4.69) is 49.8 Å². The lowest BCUT2D eigenvalue weighted by Gasteiger charge is -2.31. The molecule has 0 amide bonds. The van der Waals surface area contributed by atoms with Crippen molar-refractivity contribution in [3.63, 3.8) is 0 Å². The minimum absolute atomic E-state index is 0.0270. The first-order valence-electron chi connectivity index (χ1n) is 7.77. The van der Waals surface area contributed by atoms with E-state index in [1.165, 1.54) is 5.56 Å². The standard InChI is InChI=1S/C17H25N3O/c1-17(2,3)14-11-12-5-8-18-15(12)19-16(14)21-13-6-9-20(4)10-7-13/h5,8,11,13H,6-7,9-10H2,1-4H3,(H,18,19). The summed E-state index contributed by atoms with van der Waals surface area (Å²) in [6, 6.07) is 4.28. The molecule has 21 heavy (non-hydrogen) atoms. The Morgan fingerprint density at radius 1 is 1.29 bits per heavy atom. The van der Waals surface area contributed by atoms with Gasteiger partial charge in [-0.05, 0) is 37.4 Å². The smallest absolute Gasteiger partial charge is 0.219 e. The SMILES string of the molecule is CN1CCC(Oc2nc3[nH]ccc3cc2C(C)(C)C)CC1. The van der Waals surface area contributed by atoms with Crippen LogP contribution >= 0.6 is 0 Å². The van der Waals surface area contributed by atoms with Crippen LogP contribution in [0.5, 0.6) is 5.88 Å². The Labute approximate surface area is 126 Å². The molecule has 2 aromatic rings. The van der Waals surface area contributed by atoms with Crippen molar-refractivity contribution in [2.75, 3.05) is 20.1 Å². The molecular weight excluding hydrogens is 262 g/mol. The second-order valence-corrected chi connectivity index (χ2v) is 7.13. The molecule has 3 heterocycles. The molecule has 1 aliphatic heterocycles. The third kappa shape index (κ3) is 3.05. The number of aromatic nitrogens is 2. The third-order valence-corrected chi connectivity index (χ3v) is 4.25. The highest BCUT2D eigenvalue weighted by atomic mass is 16.5. The van der Waals surface area contributed by atoms with Gasteiger partial charge < -0.3 is 14.6 Å². The van der Waals surface area contributed by atoms with Gasteiger partial charge in [0.05, 0.1) is 0 Å². The molecule has 4 nitrogen and oxygen atoms in total. The number of fused-ring (bicyclic) bond motifs is 1. The molecule has 3 rings (SSSR count). The van der Waals surface area contributed by atoms with Crippen LogP contribution in [0.4, 0.5) is 0 Å². The van der Waals surface area contributed by atoms with E-state index in [0.717, 1.165) is 42.8 Å². The molecule has 1 aliphatic rings. The topological polar surface area (TPSA) is 41.1 Å². The van der Waals surface area contributed by atoms with Gasteiger partial charge in [0.1, 0.15) is 11.8 Å². The molecule has 0 saturated carbocycles. The van der Waals surface area contributed by atoms with Crippen LogP contribution in [-0.4, -0.2) is 41.1 Å². The van der Waals surface area contributed by atoms with E-state index < -0.39 is 0 Å². The second kappa shape index (κ2) is 5.34. The number of ether oxygens (including phenoxy) is 1. The van der Waals surface area contributed by atoms with Gasteiger partial charge in [-0.3, -0.25) is 0 Å². The zero-order valence-electron chi connectivity index (χ0n) is 13.4. The first kappa shape index (κ1) is 14.4. The normalized spacial score (nSPS) is 18.3. The van der Waals surface area contributed by atoms with E-state index in [0.29, 0.717) is 0 Å². The number of nitrogens with one attached hydrogen (secondary N) is 1. The Hall–Kier alpha value is -1.55. The first-order valence-corrected chi connectivity index (χ1v) is 7.77. The highest BCUT2D eigenvalue weighted by molar-refractivity contribution is 5.77. The number of H-pyrrole nitrogens is 1. The molecule has 0 spiro atoms. The predicted molar refractivity (Wildman–Crippen MR) is 85.9 cm³/mol. The zero-order valence-corrected chi connectivity index (χ0v) is 13.4. The van der Waals surface area contributed by atoms with Crippen LogP contribution in [0.2, 0.25) is 0 Å². The Kier molecular flexibility index (Phi) is 3.66. The van der Waals surface area contributed by atoms with E-state index >= 15 is 0 Å². The van der Waals surface area contributed by atoms with Gasteiger partial charge >= 0.3 is 0 Å². The highest BCUT2D eigenvalue weighted by Gasteiger charge is 2.25. The lowest BCUT2D eigenvalue weighted by atomic mass is 9.87. The summed E-state index contributed by atoms with van der Waals surface area (Å²) in [4.78, 5) is 10.3. The molecule has 0 aromatic carbocycles. The van der Waals surface area contributed by atoms with Gasteiger partial charge in [0.15, 0.2) is 0 Å². The van der Waals surface area contributed by atoms with Crippen molar-refractivity contribution < 1.29 is 4.74 Å². The third-order valence-electron chi connectivity index (χ3n) is 4.25. The molecule has 2 aromatic heterocycles. The molecule has 0 bridgehead atoms. The van der Waals surface area contributed by atoms with Gasteiger partial charge in [0.25, 0.3) is 0 Å². The van der Waals surface area contributed by atoms with E-state index in [1.807, 2.05) is 6.20 Å². The van der Waals surface area contributed by atoms with E-state index in [1.54, 1.807) is 0 Å². The fourth-order valence-corrected chi connectivity index (χ4v) is 2.85. The highest BCUT2D eigenvalue weighted by Crippen LogP contribution is 2.33. The van der Waals surface area contributed by atoms with Crippen LogP contribution in [-0.2, 0) is 5.41 Å². The van der Waals surface area contributed by atoms with Crippen LogP contribution < -0.4 is 4.74 Å². The summed E-state index contributed by atoms with van der Waals surface area (Å²) >= 11 is 0. The Balaban J connectivity index is 1.92. The molecule has 114 valence electrons. The number of nitrogens with zero attached hydrogens (tertiary/aromatic N) is 2. The number of piperidine rings is 1. The largest absolute Gasteiger partial charge is 0.474 e. The maximum atomic E-state index is 6.28. The number of likely N-dealkylation sites (tertiary alicyclic amines) is 1. The molecule has 4 heteroatoms. The van der Waals surface area contributed by atoms with Crippen LogP contribution in [0.1, 0.15) is 39.2 Å². The number of aromatic amines is 1. The summed E-state index contributed by atoms with van der Waals surface area (Å²) in [5.74, 6) is 0.798. The predicted octanol–water partition coefficient (Wildman–Crippen LogP) is 3.33. The molecule has 1 fully saturated rings. The van der Waals surface area contributed by atoms with Crippen molar-refractivity contribution in [3.05, 3.63) is 23.9 Å². The zero-order chi connectivity index (χ0) is 15.0. The monoisotopic (exact) mass is 287 g/mol. The molecular formula is C17H25N3O. The maximum absolute atomic E-state index is 6.28. The van der Waals surface area contributed by atoms with Crippen molar-refractivity contribution in [1.82, 2.24) is 14.9 Å². The summed E-state index contributed by atoms with van der Waals surface area (Å²) in [7, 11) is 2.17. The molecule has 1 N–H and O–H groups in total. The molecule has 0 unspecified atom stereocenters. The molecule has 1 saturated heterocycles. The molecule has 0 aliphatic carbocycles. The number of hydrogen-bond donors (Lipinski definition) is 1. The average molecular weight is 287 g/mol. The van der Waals surface area contributed by atoms with Gasteiger partial charge in [0, 0.05) is 30.2 Å². The van der Waals surface area contributed by atoms with Crippen molar-refractivity contribution in [1.29, 1.82) is 0 Å². The Morgan fingerprint density at radius 3 is 2.67 bits per heavy atom. The van der Waals surface area contributed by atoms with E-state index in [9.17, 15) is 0 Å². The minimum atomic E-state index is 0.0270. The van der Waals surface area contributed by atoms with Crippen molar-refractivity contribution in [2.24, 2.45) is 0 Å². The Morgan fingerprint density at radius 2 is 2.00 bits per heavy atom. The number of rotatable bonds is 2. The van der Waals surface area contributed by atoms with E-state index in [4.69, 9.17) is 9.72 Å². The fourth-order valence-electron chi connectivity index (χ4n) is 2.85. The van der Waals surface area contributed by atoms with Gasteiger partial charge in [-0.25, -0.2) is 0 Å². The van der Waals surface area contributed by atoms with Gasteiger partial charge in [-0.2, -0.15) is 4.98 Å². The van der Waals surface area contributed by atoms with Crippen molar-refractivity contribution >= 4 is 11.0 Å². The summed E-state index contributed by atoms with van der Waals surface area (Å²) in [5.41, 5.74) is 2.12. The maximum Gasteiger partial charge on any atom is 0.219 e. The van der Waals surface area contributed by atoms with Crippen LogP contribution in [0.3, 0.4) is 0 Å². The summed E-state index contributed by atoms with van der Waals surface area (Å²) in [5, 5.41) is 1.15. The second-order valence-electron chi connectivity index (χ2n) is 7.13. The first-order chi connectivity index (χ1) is 9.93. The van der Waals surface area contributed by atoms with E-state index in [-0.39, 0.29) is 11.5 Å². The lowest BCUT2D eigenvalue weighted by Crippen LogP contribution is -2.36. The molecule has 0 radical (unpaired) electrons. The minimum Gasteiger partial charge on any atom is -0.474 e. The van der Waals surface area contributed by atoms with Gasteiger partial charge in [-0.15, -0.1) is 0 Å². The fraction of sp³-hybridized carbons (Fsp3) is 0.588. The summed E-state index contributed by atoms with van der Waals surface area (Å²) < 4.78 is 6.28. The van der Waals surface area contributed by atoms with Crippen molar-refractivity contribution in [3.8, 4) is 5.88 Å². The van der Waals surface area contributed by atoms with Crippen molar-refractivity contribution in [2.45, 2.75) is 45.1 Å². The number of pyridine rings is 1. The summed E-state index contributed by atoms with van der Waals surface area (Å²) in [6.45, 7) is 8.83. The quantitative estimate of drug-likeness (QED) is 0.921. The van der Waals surface area contributed by atoms with Gasteiger partial charge in [-0.1, -0.05) is 20.8 Å². The van der Waals surface area contributed by atoms with Crippen LogP contribution in [0, 0.1) is 0 Å².